The maximum atomic E-state index is 11.2. The second-order valence-electron chi connectivity index (χ2n) is 4.14. The highest BCUT2D eigenvalue weighted by atomic mass is 16.6. The van der Waals surface area contributed by atoms with Crippen LogP contribution in [0.15, 0.2) is 30.7 Å². The third-order valence-corrected chi connectivity index (χ3v) is 2.67. The van der Waals surface area contributed by atoms with E-state index in [9.17, 15) is 25.5 Å². The molecule has 0 aliphatic carbocycles. The highest BCUT2D eigenvalue weighted by Gasteiger charge is 2.18. The molecule has 0 saturated heterocycles. The third kappa shape index (κ3) is 2.91. The van der Waals surface area contributed by atoms with E-state index in [2.05, 4.69) is 4.98 Å². The number of benzene rings is 1. The molecule has 0 atom stereocenters. The number of phenolic OH excluding ortho intramolecular Hbond substituents is 2. The van der Waals surface area contributed by atoms with Crippen LogP contribution in [-0.4, -0.2) is 20.1 Å². The van der Waals surface area contributed by atoms with E-state index < -0.39 is 22.1 Å². The molecule has 0 aliphatic heterocycles. The average Bonchev–Trinajstić information content (AvgIpc) is 2.47. The molecule has 9 nitrogen and oxygen atoms in total. The molecule has 0 unspecified atom stereocenters. The minimum Gasteiger partial charge on any atom is -0.619 e. The van der Waals surface area contributed by atoms with Crippen LogP contribution in [0.5, 0.6) is 11.5 Å². The van der Waals surface area contributed by atoms with Gasteiger partial charge in [-0.05, 0) is 17.7 Å². The van der Waals surface area contributed by atoms with Gasteiger partial charge >= 0.3 is 5.69 Å². The van der Waals surface area contributed by atoms with Crippen LogP contribution in [0, 0.1) is 26.7 Å². The van der Waals surface area contributed by atoms with Gasteiger partial charge in [0.25, 0.3) is 0 Å². The van der Waals surface area contributed by atoms with E-state index in [1.54, 1.807) is 0 Å². The lowest BCUT2D eigenvalue weighted by Crippen LogP contribution is -2.25. The Labute approximate surface area is 123 Å². The van der Waals surface area contributed by atoms with E-state index in [0.29, 0.717) is 4.73 Å². The molecular weight excluding hydrogens is 292 g/mol. The van der Waals surface area contributed by atoms with E-state index >= 15 is 0 Å². The summed E-state index contributed by atoms with van der Waals surface area (Å²) in [6, 6.07) is 3.85. The van der Waals surface area contributed by atoms with Crippen molar-refractivity contribution in [2.24, 2.45) is 0 Å². The summed E-state index contributed by atoms with van der Waals surface area (Å²) in [5.41, 5.74) is -0.579. The predicted octanol–water partition coefficient (Wildman–Crippen LogP) is 1.10. The largest absolute Gasteiger partial charge is 0.619 e. The van der Waals surface area contributed by atoms with Crippen molar-refractivity contribution in [3.8, 4) is 17.6 Å². The first-order valence-corrected chi connectivity index (χ1v) is 5.79. The zero-order chi connectivity index (χ0) is 16.3. The molecule has 0 fully saturated rings. The lowest BCUT2D eigenvalue weighted by molar-refractivity contribution is -0.606. The fourth-order valence-electron chi connectivity index (χ4n) is 1.69. The lowest BCUT2D eigenvalue weighted by Gasteiger charge is -2.02. The number of nitriles is 1. The van der Waals surface area contributed by atoms with Gasteiger partial charge in [0, 0.05) is 6.07 Å². The summed E-state index contributed by atoms with van der Waals surface area (Å²) in [6.07, 6.45) is 4.60. The molecule has 1 aromatic heterocycles. The summed E-state index contributed by atoms with van der Waals surface area (Å²) in [6.45, 7) is 0. The van der Waals surface area contributed by atoms with E-state index in [4.69, 9.17) is 5.26 Å². The number of nitrogens with zero attached hydrogens (tertiary/aromatic N) is 4. The van der Waals surface area contributed by atoms with Crippen LogP contribution in [-0.2, 0) is 0 Å². The van der Waals surface area contributed by atoms with Crippen LogP contribution >= 0.6 is 0 Å². The summed E-state index contributed by atoms with van der Waals surface area (Å²) in [5.74, 6) is -1.56. The average molecular weight is 300 g/mol. The van der Waals surface area contributed by atoms with E-state index in [1.807, 2.05) is 6.07 Å². The first-order valence-electron chi connectivity index (χ1n) is 5.79. The third-order valence-electron chi connectivity index (χ3n) is 2.67. The summed E-state index contributed by atoms with van der Waals surface area (Å²) >= 11 is 0. The van der Waals surface area contributed by atoms with Gasteiger partial charge in [0.2, 0.25) is 11.9 Å². The Kier molecular flexibility index (Phi) is 3.86. The number of nitro groups is 1. The molecule has 2 aromatic rings. The number of aromatic hydroxyl groups is 2. The maximum Gasteiger partial charge on any atom is 0.315 e. The van der Waals surface area contributed by atoms with Gasteiger partial charge in [-0.3, -0.25) is 10.1 Å². The quantitative estimate of drug-likeness (QED) is 0.215. The number of aromatic nitrogens is 2. The SMILES string of the molecule is N#C/C(=C\c1cc(O)c(O)c([N+](=O)[O-])c1)c1c[n+]([O-])ccn1. The smallest absolute Gasteiger partial charge is 0.315 e. The van der Waals surface area contributed by atoms with Crippen molar-refractivity contribution in [3.63, 3.8) is 0 Å². The Hall–Kier alpha value is -3.67. The summed E-state index contributed by atoms with van der Waals surface area (Å²) in [4.78, 5) is 13.8. The molecule has 110 valence electrons. The van der Waals surface area contributed by atoms with Gasteiger partial charge in [0.05, 0.1) is 16.7 Å². The monoisotopic (exact) mass is 300 g/mol. The van der Waals surface area contributed by atoms with Crippen molar-refractivity contribution in [1.29, 1.82) is 5.26 Å². The van der Waals surface area contributed by atoms with E-state index in [-0.39, 0.29) is 16.8 Å². The molecule has 0 aliphatic rings. The van der Waals surface area contributed by atoms with Crippen molar-refractivity contribution >= 4 is 17.3 Å². The molecule has 0 saturated carbocycles. The molecule has 2 N–H and O–H groups in total. The van der Waals surface area contributed by atoms with Crippen molar-refractivity contribution < 1.29 is 19.9 Å². The second-order valence-corrected chi connectivity index (χ2v) is 4.14. The van der Waals surface area contributed by atoms with E-state index in [1.165, 1.54) is 12.3 Å². The van der Waals surface area contributed by atoms with Gasteiger partial charge in [-0.1, -0.05) is 0 Å². The maximum absolute atomic E-state index is 11.2. The van der Waals surface area contributed by atoms with Gasteiger partial charge in [-0.2, -0.15) is 9.99 Å². The lowest BCUT2D eigenvalue weighted by atomic mass is 10.1. The number of phenols is 2. The Morgan fingerprint density at radius 1 is 1.45 bits per heavy atom. The van der Waals surface area contributed by atoms with Gasteiger partial charge in [0.15, 0.2) is 11.9 Å². The fourth-order valence-corrected chi connectivity index (χ4v) is 1.69. The minimum absolute atomic E-state index is 0.0374. The van der Waals surface area contributed by atoms with Crippen LogP contribution in [0.2, 0.25) is 0 Å². The Balaban J connectivity index is 2.56. The van der Waals surface area contributed by atoms with Crippen LogP contribution in [0.1, 0.15) is 11.3 Å². The van der Waals surface area contributed by atoms with Crippen molar-refractivity contribution in [1.82, 2.24) is 4.98 Å². The Bertz CT molecular complexity index is 826. The van der Waals surface area contributed by atoms with Gasteiger partial charge < -0.3 is 15.4 Å². The summed E-state index contributed by atoms with van der Waals surface area (Å²) in [7, 11) is 0. The molecule has 2 rings (SSSR count). The molecule has 0 bridgehead atoms. The van der Waals surface area contributed by atoms with Crippen LogP contribution in [0.4, 0.5) is 5.69 Å². The molecule has 1 aromatic carbocycles. The minimum atomic E-state index is -0.870. The van der Waals surface area contributed by atoms with Crippen LogP contribution in [0.3, 0.4) is 0 Å². The Morgan fingerprint density at radius 3 is 2.77 bits per heavy atom. The fraction of sp³-hybridized carbons (Fsp3) is 0. The first kappa shape index (κ1) is 14.7. The second kappa shape index (κ2) is 5.76. The molecule has 1 heterocycles. The highest BCUT2D eigenvalue weighted by molar-refractivity contribution is 5.88. The van der Waals surface area contributed by atoms with Gasteiger partial charge in [0.1, 0.15) is 11.8 Å². The molecular formula is C13H8N4O5. The van der Waals surface area contributed by atoms with Crippen molar-refractivity contribution in [2.75, 3.05) is 0 Å². The highest BCUT2D eigenvalue weighted by Crippen LogP contribution is 2.36. The summed E-state index contributed by atoms with van der Waals surface area (Å²) < 4.78 is 0.449. The van der Waals surface area contributed by atoms with Crippen molar-refractivity contribution in [3.05, 3.63) is 57.3 Å². The summed E-state index contributed by atoms with van der Waals surface area (Å²) in [5, 5.41) is 50.0. The van der Waals surface area contributed by atoms with Gasteiger partial charge in [-0.25, -0.2) is 4.98 Å². The zero-order valence-electron chi connectivity index (χ0n) is 10.9. The van der Waals surface area contributed by atoms with Crippen LogP contribution < -0.4 is 4.73 Å². The molecule has 9 heteroatoms. The topological polar surface area (TPSA) is 147 Å². The number of rotatable bonds is 3. The molecule has 22 heavy (non-hydrogen) atoms. The molecule has 0 amide bonds. The Morgan fingerprint density at radius 2 is 2.18 bits per heavy atom. The normalized spacial score (nSPS) is 11.0. The first-order chi connectivity index (χ1) is 10.4. The standard InChI is InChI=1S/C13H8N4O5/c14-6-9(10-7-16(20)2-1-15-10)3-8-4-11(17(21)22)13(19)12(18)5-8/h1-5,7,18-19H/b9-3+. The van der Waals surface area contributed by atoms with Crippen molar-refractivity contribution in [2.45, 2.75) is 0 Å². The van der Waals surface area contributed by atoms with Crippen LogP contribution in [0.25, 0.3) is 11.6 Å². The number of allylic oxidation sites excluding steroid dienone is 1. The molecule has 0 spiro atoms. The number of hydrogen-bond donors (Lipinski definition) is 2. The number of nitro benzene ring substituents is 1. The van der Waals surface area contributed by atoms with E-state index in [0.717, 1.165) is 24.5 Å². The number of hydrogen-bond acceptors (Lipinski definition) is 7. The van der Waals surface area contributed by atoms with Gasteiger partial charge in [-0.15, -0.1) is 0 Å². The molecule has 0 radical (unpaired) electrons. The predicted molar refractivity (Wildman–Crippen MR) is 73.1 cm³/mol. The zero-order valence-corrected chi connectivity index (χ0v) is 10.9.